The molecule has 5 nitrogen and oxygen atoms in total. The minimum Gasteiger partial charge on any atom is -0.495 e. The van der Waals surface area contributed by atoms with Crippen molar-refractivity contribution in [2.24, 2.45) is 10.7 Å². The first kappa shape index (κ1) is 24.9. The maximum absolute atomic E-state index is 13.1. The molecule has 34 heavy (non-hydrogen) atoms. The van der Waals surface area contributed by atoms with Crippen molar-refractivity contribution < 1.29 is 22.7 Å². The molecule has 0 aromatic heterocycles. The Morgan fingerprint density at radius 1 is 1.06 bits per heavy atom. The van der Waals surface area contributed by atoms with Gasteiger partial charge in [0.1, 0.15) is 11.4 Å². The number of halogens is 4. The van der Waals surface area contributed by atoms with Gasteiger partial charge in [0.05, 0.1) is 29.2 Å². The number of carbonyl (C=O) groups is 1. The number of aryl methyl sites for hydroxylation is 1. The van der Waals surface area contributed by atoms with Gasteiger partial charge in [-0.1, -0.05) is 41.9 Å². The van der Waals surface area contributed by atoms with Gasteiger partial charge in [-0.3, -0.25) is 4.79 Å². The second-order valence-corrected chi connectivity index (χ2v) is 7.69. The average Bonchev–Trinajstić information content (AvgIpc) is 2.79. The molecule has 0 heterocycles. The minimum atomic E-state index is -4.73. The topological polar surface area (TPSA) is 76.7 Å². The molecule has 0 radical (unpaired) electrons. The highest BCUT2D eigenvalue weighted by atomic mass is 35.5. The number of amides is 1. The van der Waals surface area contributed by atoms with E-state index in [-0.39, 0.29) is 22.0 Å². The van der Waals surface area contributed by atoms with Crippen LogP contribution in [0.1, 0.15) is 21.5 Å². The Balaban J connectivity index is 1.94. The molecule has 0 bridgehead atoms. The first-order chi connectivity index (χ1) is 16.1. The Morgan fingerprint density at radius 2 is 1.71 bits per heavy atom. The van der Waals surface area contributed by atoms with E-state index in [1.165, 1.54) is 31.4 Å². The summed E-state index contributed by atoms with van der Waals surface area (Å²) in [4.78, 5) is 17.0. The molecule has 1 amide bonds. The molecule has 0 aliphatic carbocycles. The van der Waals surface area contributed by atoms with E-state index in [1.807, 2.05) is 13.0 Å². The lowest BCUT2D eigenvalue weighted by molar-refractivity contribution is -0.0925. The van der Waals surface area contributed by atoms with Crippen LogP contribution in [-0.2, 0) is 0 Å². The summed E-state index contributed by atoms with van der Waals surface area (Å²) in [6.07, 6.45) is -4.00. The zero-order chi connectivity index (χ0) is 24.9. The monoisotopic (exact) mass is 487 g/mol. The van der Waals surface area contributed by atoms with Crippen LogP contribution in [0.3, 0.4) is 0 Å². The maximum Gasteiger partial charge on any atom is 0.430 e. The molecule has 0 saturated carbocycles. The number of carbonyl (C=O) groups excluding carboxylic acids is 1. The van der Waals surface area contributed by atoms with Crippen molar-refractivity contribution in [3.63, 3.8) is 0 Å². The van der Waals surface area contributed by atoms with Crippen molar-refractivity contribution in [1.29, 1.82) is 0 Å². The van der Waals surface area contributed by atoms with Crippen molar-refractivity contribution in [1.82, 2.24) is 0 Å². The molecule has 3 rings (SSSR count). The Bertz CT molecular complexity index is 1250. The molecule has 3 N–H and O–H groups in total. The Kier molecular flexibility index (Phi) is 7.63. The molecule has 0 fully saturated rings. The van der Waals surface area contributed by atoms with Crippen molar-refractivity contribution in [3.05, 3.63) is 100 Å². The summed E-state index contributed by atoms with van der Waals surface area (Å²) < 4.78 is 44.5. The molecule has 3 aromatic carbocycles. The van der Waals surface area contributed by atoms with E-state index in [0.717, 1.165) is 11.6 Å². The number of para-hydroxylation sites is 1. The zero-order valence-corrected chi connectivity index (χ0v) is 19.0. The quantitative estimate of drug-likeness (QED) is 0.393. The van der Waals surface area contributed by atoms with Crippen molar-refractivity contribution in [3.8, 4) is 5.75 Å². The van der Waals surface area contributed by atoms with Crippen molar-refractivity contribution in [2.45, 2.75) is 13.1 Å². The number of ether oxygens (including phenoxy) is 1. The number of nitrogens with two attached hydrogens (primary N) is 1. The second kappa shape index (κ2) is 10.4. The average molecular weight is 488 g/mol. The SMILES string of the molecule is COc1ccc(C)cc1NC(=O)c1ccc(C(C=C(N)C(F)(F)F)=Nc2ccccc2Cl)cc1. The summed E-state index contributed by atoms with van der Waals surface area (Å²) in [6, 6.07) is 17.8. The van der Waals surface area contributed by atoms with Crippen molar-refractivity contribution in [2.75, 3.05) is 12.4 Å². The molecule has 0 atom stereocenters. The van der Waals surface area contributed by atoms with E-state index in [0.29, 0.717) is 17.0 Å². The van der Waals surface area contributed by atoms with Gasteiger partial charge in [-0.05, 0) is 55.0 Å². The van der Waals surface area contributed by atoms with Gasteiger partial charge < -0.3 is 15.8 Å². The number of nitrogens with zero attached hydrogens (tertiary/aromatic N) is 1. The Morgan fingerprint density at radius 3 is 2.32 bits per heavy atom. The molecule has 0 saturated heterocycles. The highest BCUT2D eigenvalue weighted by Gasteiger charge is 2.31. The third-order valence-corrected chi connectivity index (χ3v) is 5.08. The van der Waals surface area contributed by atoms with Crippen molar-refractivity contribution >= 4 is 34.6 Å². The molecule has 0 aliphatic heterocycles. The molecule has 3 aromatic rings. The highest BCUT2D eigenvalue weighted by Crippen LogP contribution is 2.28. The predicted molar refractivity (Wildman–Crippen MR) is 128 cm³/mol. The fraction of sp³-hybridized carbons (Fsp3) is 0.120. The summed E-state index contributed by atoms with van der Waals surface area (Å²) in [6.45, 7) is 1.88. The van der Waals surface area contributed by atoms with Gasteiger partial charge in [0.25, 0.3) is 5.91 Å². The summed E-state index contributed by atoms with van der Waals surface area (Å²) in [5, 5.41) is 3.04. The standard InChI is InChI=1S/C25H21ClF3N3O2/c1-15-7-12-22(34-2)21(13-15)32-24(33)17-10-8-16(9-11-17)20(14-23(30)25(27,28)29)31-19-6-4-3-5-18(19)26/h3-14H,30H2,1-2H3,(H,32,33). The van der Waals surface area contributed by atoms with E-state index < -0.39 is 17.8 Å². The van der Waals surface area contributed by atoms with E-state index in [4.69, 9.17) is 22.1 Å². The first-order valence-electron chi connectivity index (χ1n) is 10.0. The zero-order valence-electron chi connectivity index (χ0n) is 18.3. The number of methoxy groups -OCH3 is 1. The van der Waals surface area contributed by atoms with Crippen LogP contribution in [0.15, 0.2) is 83.5 Å². The van der Waals surface area contributed by atoms with Crippen LogP contribution in [0.2, 0.25) is 5.02 Å². The largest absolute Gasteiger partial charge is 0.495 e. The fourth-order valence-electron chi connectivity index (χ4n) is 2.99. The molecule has 0 aliphatic rings. The number of rotatable bonds is 6. The number of hydrogen-bond acceptors (Lipinski definition) is 4. The molecule has 9 heteroatoms. The van der Waals surface area contributed by atoms with E-state index in [9.17, 15) is 18.0 Å². The van der Waals surface area contributed by atoms with Gasteiger partial charge in [0.2, 0.25) is 0 Å². The van der Waals surface area contributed by atoms with Crippen LogP contribution in [-0.4, -0.2) is 24.9 Å². The number of nitrogens with one attached hydrogen (secondary N) is 1. The van der Waals surface area contributed by atoms with Gasteiger partial charge in [0, 0.05) is 11.1 Å². The van der Waals surface area contributed by atoms with E-state index >= 15 is 0 Å². The normalized spacial score (nSPS) is 12.4. The molecular weight excluding hydrogens is 467 g/mol. The molecule has 0 unspecified atom stereocenters. The smallest absolute Gasteiger partial charge is 0.430 e. The van der Waals surface area contributed by atoms with Crippen LogP contribution < -0.4 is 15.8 Å². The van der Waals surface area contributed by atoms with Crippen LogP contribution in [0.4, 0.5) is 24.5 Å². The van der Waals surface area contributed by atoms with Crippen LogP contribution in [0.25, 0.3) is 0 Å². The lowest BCUT2D eigenvalue weighted by Gasteiger charge is -2.12. The van der Waals surface area contributed by atoms with Gasteiger partial charge in [-0.15, -0.1) is 0 Å². The molecule has 176 valence electrons. The van der Waals surface area contributed by atoms with Gasteiger partial charge in [-0.25, -0.2) is 4.99 Å². The summed E-state index contributed by atoms with van der Waals surface area (Å²) in [7, 11) is 1.50. The second-order valence-electron chi connectivity index (χ2n) is 7.28. The minimum absolute atomic E-state index is 0.0600. The van der Waals surface area contributed by atoms with Gasteiger partial charge >= 0.3 is 6.18 Å². The lowest BCUT2D eigenvalue weighted by Crippen LogP contribution is -2.21. The highest BCUT2D eigenvalue weighted by molar-refractivity contribution is 6.33. The van der Waals surface area contributed by atoms with Crippen LogP contribution >= 0.6 is 11.6 Å². The van der Waals surface area contributed by atoms with Gasteiger partial charge in [-0.2, -0.15) is 13.2 Å². The number of aliphatic imine (C=N–C) groups is 1. The van der Waals surface area contributed by atoms with E-state index in [2.05, 4.69) is 10.3 Å². The third-order valence-electron chi connectivity index (χ3n) is 4.76. The molecular formula is C25H21ClF3N3O2. The van der Waals surface area contributed by atoms with Crippen LogP contribution in [0.5, 0.6) is 5.75 Å². The maximum atomic E-state index is 13.1. The summed E-state index contributed by atoms with van der Waals surface area (Å²) >= 11 is 6.12. The number of anilines is 1. The number of benzene rings is 3. The third kappa shape index (κ3) is 6.17. The summed E-state index contributed by atoms with van der Waals surface area (Å²) in [5.74, 6) is 0.0860. The Labute approximate surface area is 199 Å². The van der Waals surface area contributed by atoms with Crippen LogP contribution in [0, 0.1) is 6.92 Å². The number of hydrogen-bond donors (Lipinski definition) is 2. The Hall–Kier alpha value is -3.78. The lowest BCUT2D eigenvalue weighted by atomic mass is 10.1. The van der Waals surface area contributed by atoms with Gasteiger partial charge in [0.15, 0.2) is 0 Å². The predicted octanol–water partition coefficient (Wildman–Crippen LogP) is 6.44. The fourth-order valence-corrected chi connectivity index (χ4v) is 3.17. The first-order valence-corrected chi connectivity index (χ1v) is 10.4. The molecule has 0 spiro atoms. The number of alkyl halides is 3. The van der Waals surface area contributed by atoms with E-state index in [1.54, 1.807) is 36.4 Å². The summed E-state index contributed by atoms with van der Waals surface area (Å²) in [5.41, 5.74) is 6.17. The number of allylic oxidation sites excluding steroid dienone is 2.